The van der Waals surface area contributed by atoms with Crippen LogP contribution in [0.1, 0.15) is 12.8 Å². The van der Waals surface area contributed by atoms with Gasteiger partial charge in [-0.15, -0.1) is 0 Å². The zero-order chi connectivity index (χ0) is 12.1. The minimum Gasteiger partial charge on any atom is -0.395 e. The lowest BCUT2D eigenvalue weighted by atomic mass is 10.4. The Bertz CT molecular complexity index is 366. The third kappa shape index (κ3) is 2.94. The van der Waals surface area contributed by atoms with Gasteiger partial charge in [0.2, 0.25) is 17.8 Å². The molecular formula is C10H18N6O. The van der Waals surface area contributed by atoms with Crippen molar-refractivity contribution in [2.75, 3.05) is 48.8 Å². The Morgan fingerprint density at radius 2 is 1.88 bits per heavy atom. The van der Waals surface area contributed by atoms with Crippen LogP contribution >= 0.6 is 0 Å². The minimum atomic E-state index is 0.0552. The summed E-state index contributed by atoms with van der Waals surface area (Å²) in [5.74, 6) is 1.74. The summed E-state index contributed by atoms with van der Waals surface area (Å²) < 4.78 is 0. The van der Waals surface area contributed by atoms with Crippen molar-refractivity contribution in [3.8, 4) is 0 Å². The number of hydrogen-bond donors (Lipinski definition) is 3. The van der Waals surface area contributed by atoms with Gasteiger partial charge in [0.1, 0.15) is 0 Å². The van der Waals surface area contributed by atoms with E-state index in [-0.39, 0.29) is 6.61 Å². The largest absolute Gasteiger partial charge is 0.395 e. The molecule has 0 aliphatic carbocycles. The summed E-state index contributed by atoms with van der Waals surface area (Å²) in [6, 6.07) is 0. The first-order valence-electron chi connectivity index (χ1n) is 5.87. The van der Waals surface area contributed by atoms with Crippen molar-refractivity contribution in [1.82, 2.24) is 15.0 Å². The molecule has 1 aliphatic rings. The average molecular weight is 238 g/mol. The minimum absolute atomic E-state index is 0.0552. The molecule has 0 unspecified atom stereocenters. The van der Waals surface area contributed by atoms with E-state index in [1.54, 1.807) is 7.05 Å². The summed E-state index contributed by atoms with van der Waals surface area (Å²) in [7, 11) is 1.78. The number of nitrogens with one attached hydrogen (secondary N) is 2. The van der Waals surface area contributed by atoms with E-state index in [1.165, 1.54) is 12.8 Å². The number of aromatic nitrogens is 3. The van der Waals surface area contributed by atoms with Gasteiger partial charge in [0, 0.05) is 26.7 Å². The van der Waals surface area contributed by atoms with Crippen molar-refractivity contribution in [2.24, 2.45) is 0 Å². The molecule has 94 valence electrons. The molecule has 1 fully saturated rings. The van der Waals surface area contributed by atoms with Crippen LogP contribution in [0.5, 0.6) is 0 Å². The van der Waals surface area contributed by atoms with Gasteiger partial charge in [-0.3, -0.25) is 0 Å². The predicted molar refractivity (Wildman–Crippen MR) is 66.4 cm³/mol. The molecule has 1 aromatic heterocycles. The van der Waals surface area contributed by atoms with Crippen LogP contribution in [0.15, 0.2) is 0 Å². The number of anilines is 3. The first kappa shape index (κ1) is 11.8. The van der Waals surface area contributed by atoms with Gasteiger partial charge in [0.25, 0.3) is 0 Å². The molecule has 7 nitrogen and oxygen atoms in total. The van der Waals surface area contributed by atoms with Crippen LogP contribution in [0.2, 0.25) is 0 Å². The summed E-state index contributed by atoms with van der Waals surface area (Å²) in [6.07, 6.45) is 2.36. The molecule has 0 atom stereocenters. The molecule has 17 heavy (non-hydrogen) atoms. The highest BCUT2D eigenvalue weighted by molar-refractivity contribution is 5.43. The molecule has 0 saturated carbocycles. The van der Waals surface area contributed by atoms with Crippen LogP contribution in [0.25, 0.3) is 0 Å². The van der Waals surface area contributed by atoms with Gasteiger partial charge in [0.05, 0.1) is 6.61 Å². The molecule has 7 heteroatoms. The Kier molecular flexibility index (Phi) is 3.92. The first-order valence-corrected chi connectivity index (χ1v) is 5.87. The highest BCUT2D eigenvalue weighted by Gasteiger charge is 2.16. The summed E-state index contributed by atoms with van der Waals surface area (Å²) in [5, 5.41) is 14.6. The molecular weight excluding hydrogens is 220 g/mol. The van der Waals surface area contributed by atoms with Crippen LogP contribution in [0, 0.1) is 0 Å². The molecule has 0 radical (unpaired) electrons. The lowest BCUT2D eigenvalue weighted by molar-refractivity contribution is 0.311. The summed E-state index contributed by atoms with van der Waals surface area (Å²) in [4.78, 5) is 15.0. The molecule has 1 aromatic rings. The normalized spacial score (nSPS) is 15.1. The zero-order valence-corrected chi connectivity index (χ0v) is 9.98. The Hall–Kier alpha value is -1.63. The number of hydrogen-bond acceptors (Lipinski definition) is 7. The Morgan fingerprint density at radius 1 is 1.18 bits per heavy atom. The highest BCUT2D eigenvalue weighted by Crippen LogP contribution is 2.18. The second-order valence-corrected chi connectivity index (χ2v) is 3.88. The zero-order valence-electron chi connectivity index (χ0n) is 9.98. The smallest absolute Gasteiger partial charge is 0.231 e. The predicted octanol–water partition coefficient (Wildman–Crippen LogP) is -0.0823. The maximum atomic E-state index is 8.78. The number of aliphatic hydroxyl groups is 1. The molecule has 3 N–H and O–H groups in total. The van der Waals surface area contributed by atoms with Gasteiger partial charge in [-0.2, -0.15) is 15.0 Å². The monoisotopic (exact) mass is 238 g/mol. The third-order valence-corrected chi connectivity index (χ3v) is 2.63. The van der Waals surface area contributed by atoms with Crippen molar-refractivity contribution in [1.29, 1.82) is 0 Å². The lowest BCUT2D eigenvalue weighted by Crippen LogP contribution is -2.22. The van der Waals surface area contributed by atoms with Crippen molar-refractivity contribution in [3.63, 3.8) is 0 Å². The fraction of sp³-hybridized carbons (Fsp3) is 0.700. The topological polar surface area (TPSA) is 86.2 Å². The van der Waals surface area contributed by atoms with Gasteiger partial charge >= 0.3 is 0 Å². The Labute approximate surface area is 100 Å². The second kappa shape index (κ2) is 5.62. The summed E-state index contributed by atoms with van der Waals surface area (Å²) in [6.45, 7) is 2.48. The van der Waals surface area contributed by atoms with Crippen LogP contribution in [-0.2, 0) is 0 Å². The molecule has 0 bridgehead atoms. The fourth-order valence-electron chi connectivity index (χ4n) is 1.78. The molecule has 2 heterocycles. The van der Waals surface area contributed by atoms with E-state index in [4.69, 9.17) is 5.11 Å². The third-order valence-electron chi connectivity index (χ3n) is 2.63. The van der Waals surface area contributed by atoms with Crippen LogP contribution in [-0.4, -0.2) is 53.3 Å². The molecule has 2 rings (SSSR count). The van der Waals surface area contributed by atoms with Gasteiger partial charge in [-0.1, -0.05) is 0 Å². The van der Waals surface area contributed by atoms with Crippen molar-refractivity contribution < 1.29 is 5.11 Å². The molecule has 0 spiro atoms. The Balaban J connectivity index is 2.18. The van der Waals surface area contributed by atoms with Gasteiger partial charge in [0.15, 0.2) is 0 Å². The fourth-order valence-corrected chi connectivity index (χ4v) is 1.78. The molecule has 1 saturated heterocycles. The highest BCUT2D eigenvalue weighted by atomic mass is 16.3. The van der Waals surface area contributed by atoms with Gasteiger partial charge in [-0.25, -0.2) is 0 Å². The van der Waals surface area contributed by atoms with Crippen LogP contribution in [0.4, 0.5) is 17.8 Å². The van der Waals surface area contributed by atoms with Crippen molar-refractivity contribution >= 4 is 17.8 Å². The summed E-state index contributed by atoms with van der Waals surface area (Å²) in [5.41, 5.74) is 0. The van der Waals surface area contributed by atoms with Crippen molar-refractivity contribution in [2.45, 2.75) is 12.8 Å². The van der Waals surface area contributed by atoms with E-state index in [0.717, 1.165) is 13.1 Å². The summed E-state index contributed by atoms with van der Waals surface area (Å²) >= 11 is 0. The molecule has 1 aliphatic heterocycles. The van der Waals surface area contributed by atoms with E-state index in [9.17, 15) is 0 Å². The maximum Gasteiger partial charge on any atom is 0.231 e. The average Bonchev–Trinajstić information content (AvgIpc) is 2.89. The van der Waals surface area contributed by atoms with E-state index in [2.05, 4.69) is 30.5 Å². The van der Waals surface area contributed by atoms with E-state index >= 15 is 0 Å². The molecule has 0 aromatic carbocycles. The van der Waals surface area contributed by atoms with Gasteiger partial charge < -0.3 is 20.6 Å². The number of nitrogens with zero attached hydrogens (tertiary/aromatic N) is 4. The number of aliphatic hydroxyl groups excluding tert-OH is 1. The maximum absolute atomic E-state index is 8.78. The number of rotatable bonds is 5. The van der Waals surface area contributed by atoms with Crippen molar-refractivity contribution in [3.05, 3.63) is 0 Å². The lowest BCUT2D eigenvalue weighted by Gasteiger charge is -2.16. The van der Waals surface area contributed by atoms with E-state index < -0.39 is 0 Å². The quantitative estimate of drug-likeness (QED) is 0.661. The molecule has 0 amide bonds. The van der Waals surface area contributed by atoms with Crippen LogP contribution < -0.4 is 15.5 Å². The second-order valence-electron chi connectivity index (χ2n) is 3.88. The Morgan fingerprint density at radius 3 is 2.53 bits per heavy atom. The SMILES string of the molecule is CNc1nc(NCCO)nc(N2CCCC2)n1. The van der Waals surface area contributed by atoms with E-state index in [0.29, 0.717) is 24.4 Å². The standard InChI is InChI=1S/C10H18N6O/c1-11-8-13-9(12-4-7-17)15-10(14-8)16-5-2-3-6-16/h17H,2-7H2,1H3,(H2,11,12,13,14,15). The van der Waals surface area contributed by atoms with Crippen LogP contribution in [0.3, 0.4) is 0 Å². The van der Waals surface area contributed by atoms with Gasteiger partial charge in [-0.05, 0) is 12.8 Å². The van der Waals surface area contributed by atoms with E-state index in [1.807, 2.05) is 0 Å². The first-order chi connectivity index (χ1) is 8.33.